The number of anilines is 1. The van der Waals surface area contributed by atoms with Crippen LogP contribution in [0.4, 0.5) is 5.69 Å². The Hall–Kier alpha value is -2.48. The summed E-state index contributed by atoms with van der Waals surface area (Å²) in [5, 5.41) is 12.6. The number of benzene rings is 2. The Balaban J connectivity index is 1.64. The van der Waals surface area contributed by atoms with Crippen LogP contribution in [0, 0.1) is 6.92 Å². The van der Waals surface area contributed by atoms with E-state index in [2.05, 4.69) is 29.0 Å². The van der Waals surface area contributed by atoms with Gasteiger partial charge < -0.3 is 10.1 Å². The highest BCUT2D eigenvalue weighted by molar-refractivity contribution is 7.99. The van der Waals surface area contributed by atoms with Gasteiger partial charge in [-0.15, -0.1) is 16.8 Å². The number of hydrogen-bond donors (Lipinski definition) is 1. The Morgan fingerprint density at radius 2 is 1.97 bits per heavy atom. The van der Waals surface area contributed by atoms with Gasteiger partial charge in [0.15, 0.2) is 11.0 Å². The normalized spacial score (nSPS) is 10.8. The summed E-state index contributed by atoms with van der Waals surface area (Å²) in [6.07, 6.45) is 2.73. The number of hydrogen-bond acceptors (Lipinski definition) is 5. The summed E-state index contributed by atoms with van der Waals surface area (Å²) in [5.41, 5.74) is 2.49. The minimum Gasteiger partial charge on any atom is -0.486 e. The number of ether oxygens (including phenoxy) is 1. The van der Waals surface area contributed by atoms with Crippen molar-refractivity contribution < 1.29 is 9.53 Å². The molecule has 0 radical (unpaired) electrons. The fourth-order valence-corrected chi connectivity index (χ4v) is 4.12. The smallest absolute Gasteiger partial charge is 0.234 e. The van der Waals surface area contributed by atoms with Crippen molar-refractivity contribution in [2.45, 2.75) is 38.6 Å². The molecule has 0 aliphatic carbocycles. The third-order valence-corrected chi connectivity index (χ3v) is 6.45. The lowest BCUT2D eigenvalue weighted by molar-refractivity contribution is -0.113. The molecule has 0 saturated heterocycles. The molecule has 32 heavy (non-hydrogen) atoms. The zero-order valence-electron chi connectivity index (χ0n) is 17.9. The Kier molecular flexibility index (Phi) is 8.61. The van der Waals surface area contributed by atoms with E-state index in [-0.39, 0.29) is 18.3 Å². The molecule has 0 atom stereocenters. The van der Waals surface area contributed by atoms with Crippen molar-refractivity contribution in [2.24, 2.45) is 0 Å². The lowest BCUT2D eigenvalue weighted by Crippen LogP contribution is -2.16. The predicted octanol–water partition coefficient (Wildman–Crippen LogP) is 5.95. The highest BCUT2D eigenvalue weighted by atomic mass is 35.5. The molecule has 2 aromatic carbocycles. The van der Waals surface area contributed by atoms with E-state index in [0.717, 1.165) is 17.7 Å². The molecule has 0 aliphatic rings. The van der Waals surface area contributed by atoms with Gasteiger partial charge in [-0.3, -0.25) is 9.36 Å². The van der Waals surface area contributed by atoms with Crippen LogP contribution in [0.3, 0.4) is 0 Å². The maximum atomic E-state index is 12.5. The fourth-order valence-electron chi connectivity index (χ4n) is 2.89. The van der Waals surface area contributed by atoms with Crippen molar-refractivity contribution in [3.8, 4) is 5.75 Å². The van der Waals surface area contributed by atoms with Crippen LogP contribution in [0.1, 0.15) is 23.9 Å². The standard InChI is InChI=1S/C23H24Cl2N4O2S/c1-4-12-29-19(13-31-17-9-7-16(5-2)8-10-17)27-28-23(29)32-14-20(30)26-22-18(24)11-6-15(3)21(22)25/h4,6-11H,1,5,12-14H2,2-3H3,(H,26,30). The molecular weight excluding hydrogens is 467 g/mol. The topological polar surface area (TPSA) is 69.0 Å². The van der Waals surface area contributed by atoms with Gasteiger partial charge in [0.1, 0.15) is 12.4 Å². The minimum absolute atomic E-state index is 0.120. The number of rotatable bonds is 10. The molecule has 0 saturated carbocycles. The summed E-state index contributed by atoms with van der Waals surface area (Å²) >= 11 is 13.7. The predicted molar refractivity (Wildman–Crippen MR) is 131 cm³/mol. The Labute approximate surface area is 202 Å². The first-order valence-corrected chi connectivity index (χ1v) is 11.8. The highest BCUT2D eigenvalue weighted by Crippen LogP contribution is 2.33. The van der Waals surface area contributed by atoms with E-state index < -0.39 is 0 Å². The van der Waals surface area contributed by atoms with Gasteiger partial charge >= 0.3 is 0 Å². The van der Waals surface area contributed by atoms with Crippen LogP contribution in [0.5, 0.6) is 5.75 Å². The van der Waals surface area contributed by atoms with Crippen LogP contribution in [-0.2, 0) is 24.4 Å². The van der Waals surface area contributed by atoms with E-state index in [4.69, 9.17) is 27.9 Å². The van der Waals surface area contributed by atoms with Gasteiger partial charge in [-0.1, -0.05) is 66.2 Å². The molecule has 3 rings (SSSR count). The third-order valence-electron chi connectivity index (χ3n) is 4.69. The Bertz CT molecular complexity index is 1100. The summed E-state index contributed by atoms with van der Waals surface area (Å²) in [6.45, 7) is 8.51. The maximum Gasteiger partial charge on any atom is 0.234 e. The molecule has 3 aromatic rings. The van der Waals surface area contributed by atoms with Crippen LogP contribution >= 0.6 is 35.0 Å². The lowest BCUT2D eigenvalue weighted by Gasteiger charge is -2.11. The molecule has 0 aliphatic heterocycles. The first-order valence-electron chi connectivity index (χ1n) is 10.0. The molecule has 0 spiro atoms. The van der Waals surface area contributed by atoms with Gasteiger partial charge in [-0.2, -0.15) is 0 Å². The van der Waals surface area contributed by atoms with E-state index in [1.165, 1.54) is 17.3 Å². The summed E-state index contributed by atoms with van der Waals surface area (Å²) in [4.78, 5) is 12.5. The lowest BCUT2D eigenvalue weighted by atomic mass is 10.2. The van der Waals surface area contributed by atoms with Crippen LogP contribution in [0.25, 0.3) is 0 Å². The van der Waals surface area contributed by atoms with Gasteiger partial charge in [0.2, 0.25) is 5.91 Å². The van der Waals surface area contributed by atoms with E-state index >= 15 is 0 Å². The first kappa shape index (κ1) is 24.2. The Morgan fingerprint density at radius 1 is 1.22 bits per heavy atom. The molecule has 9 heteroatoms. The highest BCUT2D eigenvalue weighted by Gasteiger charge is 2.16. The van der Waals surface area contributed by atoms with Crippen LogP contribution in [0.2, 0.25) is 10.0 Å². The molecule has 168 valence electrons. The van der Waals surface area contributed by atoms with Crippen LogP contribution in [0.15, 0.2) is 54.2 Å². The van der Waals surface area contributed by atoms with Crippen LogP contribution < -0.4 is 10.1 Å². The van der Waals surface area contributed by atoms with E-state index in [9.17, 15) is 4.79 Å². The van der Waals surface area contributed by atoms with Crippen molar-refractivity contribution >= 4 is 46.6 Å². The van der Waals surface area contributed by atoms with Gasteiger partial charge in [0.05, 0.1) is 21.5 Å². The number of nitrogens with one attached hydrogen (secondary N) is 1. The number of amides is 1. The number of carbonyl (C=O) groups is 1. The monoisotopic (exact) mass is 490 g/mol. The largest absolute Gasteiger partial charge is 0.486 e. The number of aromatic nitrogens is 3. The third kappa shape index (κ3) is 6.06. The SMILES string of the molecule is C=CCn1c(COc2ccc(CC)cc2)nnc1SCC(=O)Nc1c(Cl)ccc(C)c1Cl. The van der Waals surface area contributed by atoms with E-state index in [1.54, 1.807) is 18.2 Å². The number of allylic oxidation sites excluding steroid dienone is 1. The van der Waals surface area contributed by atoms with Gasteiger partial charge in [0.25, 0.3) is 0 Å². The number of carbonyl (C=O) groups excluding carboxylic acids is 1. The molecule has 0 bridgehead atoms. The first-order chi connectivity index (χ1) is 15.4. The van der Waals surface area contributed by atoms with Crippen LogP contribution in [-0.4, -0.2) is 26.4 Å². The summed E-state index contributed by atoms with van der Waals surface area (Å²) < 4.78 is 7.73. The zero-order valence-corrected chi connectivity index (χ0v) is 20.2. The van der Waals surface area contributed by atoms with Crippen molar-refractivity contribution in [1.29, 1.82) is 0 Å². The molecule has 1 aromatic heterocycles. The molecule has 6 nitrogen and oxygen atoms in total. The number of aryl methyl sites for hydroxylation is 2. The van der Waals surface area contributed by atoms with Gasteiger partial charge in [-0.05, 0) is 42.7 Å². The molecule has 1 amide bonds. The van der Waals surface area contributed by atoms with E-state index in [0.29, 0.717) is 33.3 Å². The second kappa shape index (κ2) is 11.4. The maximum absolute atomic E-state index is 12.5. The number of thioether (sulfide) groups is 1. The van der Waals surface area contributed by atoms with Crippen molar-refractivity contribution in [2.75, 3.05) is 11.1 Å². The fraction of sp³-hybridized carbons (Fsp3) is 0.261. The van der Waals surface area contributed by atoms with E-state index in [1.807, 2.05) is 35.8 Å². The summed E-state index contributed by atoms with van der Waals surface area (Å²) in [6, 6.07) is 11.5. The second-order valence-electron chi connectivity index (χ2n) is 6.97. The number of nitrogens with zero attached hydrogens (tertiary/aromatic N) is 3. The van der Waals surface area contributed by atoms with Crippen molar-refractivity contribution in [3.05, 3.63) is 76.0 Å². The number of halogens is 2. The molecule has 1 heterocycles. The summed E-state index contributed by atoms with van der Waals surface area (Å²) in [7, 11) is 0. The average Bonchev–Trinajstić information content (AvgIpc) is 3.18. The van der Waals surface area contributed by atoms with Crippen molar-refractivity contribution in [1.82, 2.24) is 14.8 Å². The zero-order chi connectivity index (χ0) is 23.1. The molecule has 1 N–H and O–H groups in total. The van der Waals surface area contributed by atoms with Gasteiger partial charge in [-0.25, -0.2) is 0 Å². The summed E-state index contributed by atoms with van der Waals surface area (Å²) in [5.74, 6) is 1.29. The van der Waals surface area contributed by atoms with Gasteiger partial charge in [0, 0.05) is 6.54 Å². The quantitative estimate of drug-likeness (QED) is 0.280. The average molecular weight is 491 g/mol. The molecular formula is C23H24Cl2N4O2S. The Morgan fingerprint density at radius 3 is 2.66 bits per heavy atom. The minimum atomic E-state index is -0.244. The second-order valence-corrected chi connectivity index (χ2v) is 8.70. The molecule has 0 fully saturated rings. The molecule has 0 unspecified atom stereocenters. The van der Waals surface area contributed by atoms with Crippen molar-refractivity contribution in [3.63, 3.8) is 0 Å².